The summed E-state index contributed by atoms with van der Waals surface area (Å²) in [5.41, 5.74) is 0.474. The maximum atomic E-state index is 10.5. The van der Waals surface area contributed by atoms with Gasteiger partial charge < -0.3 is 24.6 Å². The molecule has 1 aliphatic heterocycles. The number of aliphatic hydroxyl groups is 1. The normalized spacial score (nSPS) is 16.8. The van der Waals surface area contributed by atoms with Gasteiger partial charge in [-0.05, 0) is 24.1 Å². The number of hydrogen-bond acceptors (Lipinski definition) is 5. The minimum absolute atomic E-state index is 0.578. The fourth-order valence-electron chi connectivity index (χ4n) is 2.85. The summed E-state index contributed by atoms with van der Waals surface area (Å²) in [5, 5.41) is 13.8. The van der Waals surface area contributed by atoms with Crippen molar-refractivity contribution in [3.63, 3.8) is 0 Å². The Hall–Kier alpha value is -1.30. The van der Waals surface area contributed by atoms with Crippen molar-refractivity contribution in [2.24, 2.45) is 0 Å². The average Bonchev–Trinajstić information content (AvgIpc) is 2.59. The molecule has 0 radical (unpaired) electrons. The summed E-state index contributed by atoms with van der Waals surface area (Å²) in [6, 6.07) is 5.99. The second-order valence-electron chi connectivity index (χ2n) is 6.48. The topological polar surface area (TPSA) is 60.0 Å². The van der Waals surface area contributed by atoms with Crippen molar-refractivity contribution in [2.75, 3.05) is 33.5 Å². The summed E-state index contributed by atoms with van der Waals surface area (Å²) < 4.78 is 16.5. The van der Waals surface area contributed by atoms with E-state index in [1.54, 1.807) is 7.11 Å². The Balaban J connectivity index is 1.85. The second kappa shape index (κ2) is 9.87. The number of rotatable bonds is 10. The fourth-order valence-corrected chi connectivity index (χ4v) is 2.85. The molecule has 0 amide bonds. The fraction of sp³-hybridized carbons (Fsp3) is 0.684. The van der Waals surface area contributed by atoms with Crippen molar-refractivity contribution in [1.82, 2.24) is 5.32 Å². The largest absolute Gasteiger partial charge is 0.493 e. The SMILES string of the molecule is CCCCCOc1cc(CNCC2(O)CCOCC2)ccc1OC. The van der Waals surface area contributed by atoms with Crippen LogP contribution in [0.3, 0.4) is 0 Å². The summed E-state index contributed by atoms with van der Waals surface area (Å²) in [5.74, 6) is 1.55. The molecule has 0 bridgehead atoms. The number of benzene rings is 1. The lowest BCUT2D eigenvalue weighted by Crippen LogP contribution is -2.44. The maximum Gasteiger partial charge on any atom is 0.161 e. The van der Waals surface area contributed by atoms with Crippen LogP contribution in [0.25, 0.3) is 0 Å². The molecule has 1 heterocycles. The van der Waals surface area contributed by atoms with E-state index in [-0.39, 0.29) is 0 Å². The number of ether oxygens (including phenoxy) is 3. The Morgan fingerprint density at radius 1 is 1.21 bits per heavy atom. The van der Waals surface area contributed by atoms with Crippen LogP contribution in [-0.2, 0) is 11.3 Å². The van der Waals surface area contributed by atoms with Crippen LogP contribution in [0.4, 0.5) is 0 Å². The van der Waals surface area contributed by atoms with Crippen molar-refractivity contribution in [2.45, 2.75) is 51.2 Å². The Morgan fingerprint density at radius 3 is 2.71 bits per heavy atom. The van der Waals surface area contributed by atoms with E-state index in [1.165, 1.54) is 12.8 Å². The second-order valence-corrected chi connectivity index (χ2v) is 6.48. The molecule has 5 nitrogen and oxygen atoms in total. The zero-order chi connectivity index (χ0) is 17.3. The van der Waals surface area contributed by atoms with Crippen LogP contribution in [0.1, 0.15) is 44.6 Å². The van der Waals surface area contributed by atoms with Crippen LogP contribution in [0.15, 0.2) is 18.2 Å². The van der Waals surface area contributed by atoms with Crippen molar-refractivity contribution in [3.8, 4) is 11.5 Å². The van der Waals surface area contributed by atoms with Gasteiger partial charge in [-0.15, -0.1) is 0 Å². The third kappa shape index (κ3) is 5.96. The minimum Gasteiger partial charge on any atom is -0.493 e. The molecule has 24 heavy (non-hydrogen) atoms. The first kappa shape index (κ1) is 19.0. The number of nitrogens with one attached hydrogen (secondary N) is 1. The molecule has 0 aromatic heterocycles. The molecule has 5 heteroatoms. The molecule has 1 aromatic rings. The summed E-state index contributed by atoms with van der Waals surface area (Å²) in [7, 11) is 1.66. The van der Waals surface area contributed by atoms with E-state index in [0.717, 1.165) is 23.5 Å². The summed E-state index contributed by atoms with van der Waals surface area (Å²) >= 11 is 0. The van der Waals surface area contributed by atoms with Gasteiger partial charge in [0.1, 0.15) is 0 Å². The third-order valence-electron chi connectivity index (χ3n) is 4.44. The van der Waals surface area contributed by atoms with Crippen molar-refractivity contribution in [3.05, 3.63) is 23.8 Å². The van der Waals surface area contributed by atoms with Crippen LogP contribution < -0.4 is 14.8 Å². The van der Waals surface area contributed by atoms with E-state index in [9.17, 15) is 5.11 Å². The molecule has 0 atom stereocenters. The molecular weight excluding hydrogens is 306 g/mol. The molecule has 2 N–H and O–H groups in total. The van der Waals surface area contributed by atoms with Gasteiger partial charge in [0.15, 0.2) is 11.5 Å². The molecule has 1 fully saturated rings. The highest BCUT2D eigenvalue weighted by Gasteiger charge is 2.29. The highest BCUT2D eigenvalue weighted by atomic mass is 16.5. The molecule has 0 aliphatic carbocycles. The molecule has 1 saturated heterocycles. The quantitative estimate of drug-likeness (QED) is 0.643. The Kier molecular flexibility index (Phi) is 7.82. The van der Waals surface area contributed by atoms with Gasteiger partial charge in [0.2, 0.25) is 0 Å². The standard InChI is InChI=1S/C19H31NO4/c1-3-4-5-10-24-18-13-16(6-7-17(18)22-2)14-20-15-19(21)8-11-23-12-9-19/h6-7,13,20-21H,3-5,8-12,14-15H2,1-2H3. The third-order valence-corrected chi connectivity index (χ3v) is 4.44. The Labute approximate surface area is 145 Å². The Morgan fingerprint density at radius 2 is 2.00 bits per heavy atom. The number of unbranched alkanes of at least 4 members (excludes halogenated alkanes) is 2. The molecule has 136 valence electrons. The molecule has 0 saturated carbocycles. The molecule has 1 aliphatic rings. The van der Waals surface area contributed by atoms with Crippen LogP contribution in [0.2, 0.25) is 0 Å². The number of methoxy groups -OCH3 is 1. The zero-order valence-corrected chi connectivity index (χ0v) is 15.0. The first-order valence-electron chi connectivity index (χ1n) is 8.97. The van der Waals surface area contributed by atoms with Gasteiger partial charge in [-0.25, -0.2) is 0 Å². The van der Waals surface area contributed by atoms with Gasteiger partial charge in [0, 0.05) is 39.1 Å². The van der Waals surface area contributed by atoms with E-state index >= 15 is 0 Å². The van der Waals surface area contributed by atoms with Crippen LogP contribution in [-0.4, -0.2) is 44.2 Å². The van der Waals surface area contributed by atoms with Crippen molar-refractivity contribution < 1.29 is 19.3 Å². The number of hydrogen-bond donors (Lipinski definition) is 2. The van der Waals surface area contributed by atoms with Crippen LogP contribution in [0, 0.1) is 0 Å². The van der Waals surface area contributed by atoms with E-state index in [4.69, 9.17) is 14.2 Å². The molecular formula is C19H31NO4. The zero-order valence-electron chi connectivity index (χ0n) is 15.0. The first-order valence-corrected chi connectivity index (χ1v) is 8.97. The van der Waals surface area contributed by atoms with Crippen molar-refractivity contribution >= 4 is 0 Å². The van der Waals surface area contributed by atoms with Gasteiger partial charge in [0.05, 0.1) is 19.3 Å². The van der Waals surface area contributed by atoms with Gasteiger partial charge in [-0.2, -0.15) is 0 Å². The first-order chi connectivity index (χ1) is 11.7. The van der Waals surface area contributed by atoms with Gasteiger partial charge >= 0.3 is 0 Å². The molecule has 0 unspecified atom stereocenters. The van der Waals surface area contributed by atoms with E-state index in [2.05, 4.69) is 12.2 Å². The highest BCUT2D eigenvalue weighted by Crippen LogP contribution is 2.28. The molecule has 1 aromatic carbocycles. The minimum atomic E-state index is -0.649. The summed E-state index contributed by atoms with van der Waals surface area (Å²) in [6.45, 7) is 5.43. The highest BCUT2D eigenvalue weighted by molar-refractivity contribution is 5.42. The van der Waals surface area contributed by atoms with E-state index < -0.39 is 5.60 Å². The molecule has 0 spiro atoms. The van der Waals surface area contributed by atoms with Gasteiger partial charge in [-0.3, -0.25) is 0 Å². The predicted molar refractivity (Wildman–Crippen MR) is 94.7 cm³/mol. The Bertz CT molecular complexity index is 486. The summed E-state index contributed by atoms with van der Waals surface area (Å²) in [4.78, 5) is 0. The average molecular weight is 337 g/mol. The maximum absolute atomic E-state index is 10.5. The van der Waals surface area contributed by atoms with E-state index in [1.807, 2.05) is 18.2 Å². The smallest absolute Gasteiger partial charge is 0.161 e. The monoisotopic (exact) mass is 337 g/mol. The molecule has 2 rings (SSSR count). The summed E-state index contributed by atoms with van der Waals surface area (Å²) in [6.07, 6.45) is 4.78. The van der Waals surface area contributed by atoms with E-state index in [0.29, 0.717) is 45.8 Å². The lowest BCUT2D eigenvalue weighted by molar-refractivity contribution is -0.0617. The van der Waals surface area contributed by atoms with Crippen LogP contribution >= 0.6 is 0 Å². The van der Waals surface area contributed by atoms with Gasteiger partial charge in [0.25, 0.3) is 0 Å². The lowest BCUT2D eigenvalue weighted by atomic mass is 9.94. The lowest BCUT2D eigenvalue weighted by Gasteiger charge is -2.32. The van der Waals surface area contributed by atoms with Crippen LogP contribution in [0.5, 0.6) is 11.5 Å². The van der Waals surface area contributed by atoms with Gasteiger partial charge in [-0.1, -0.05) is 25.8 Å². The van der Waals surface area contributed by atoms with Crippen molar-refractivity contribution in [1.29, 1.82) is 0 Å². The predicted octanol–water partition coefficient (Wildman–Crippen LogP) is 2.90.